The number of hydrogen-bond acceptors (Lipinski definition) is 2. The van der Waals surface area contributed by atoms with Crippen LogP contribution in [0.4, 0.5) is 0 Å². The summed E-state index contributed by atoms with van der Waals surface area (Å²) in [4.78, 5) is 1.32. The monoisotopic (exact) mass is 245 g/mol. The molecule has 1 aromatic carbocycles. The molecule has 0 spiro atoms. The number of rotatable bonds is 4. The fourth-order valence-corrected chi connectivity index (χ4v) is 1.54. The predicted molar refractivity (Wildman–Crippen MR) is 58.9 cm³/mol. The van der Waals surface area contributed by atoms with E-state index in [1.807, 2.05) is 0 Å². The van der Waals surface area contributed by atoms with Gasteiger partial charge in [0.2, 0.25) is 0 Å². The molecule has 0 fully saturated rings. The Kier molecular flexibility index (Phi) is 4.73. The van der Waals surface area contributed by atoms with E-state index in [1.165, 1.54) is 10.5 Å². The van der Waals surface area contributed by atoms with Crippen LogP contribution in [0.2, 0.25) is 0 Å². The van der Waals surface area contributed by atoms with Crippen LogP contribution < -0.4 is 5.32 Å². The molecular weight excluding hydrogens is 234 g/mol. The maximum atomic E-state index is 3.32. The average Bonchev–Trinajstić information content (AvgIpc) is 2.15. The summed E-state index contributed by atoms with van der Waals surface area (Å²) in [6, 6.07) is 8.61. The van der Waals surface area contributed by atoms with Gasteiger partial charge >= 0.3 is 0 Å². The van der Waals surface area contributed by atoms with Crippen molar-refractivity contribution in [3.8, 4) is 0 Å². The Morgan fingerprint density at radius 3 is 2.50 bits per heavy atom. The first-order valence-electron chi connectivity index (χ1n) is 3.76. The van der Waals surface area contributed by atoms with Crippen molar-refractivity contribution in [1.29, 1.82) is 0 Å². The zero-order chi connectivity index (χ0) is 8.81. The third-order valence-electron chi connectivity index (χ3n) is 1.58. The highest BCUT2D eigenvalue weighted by atomic mass is 79.9. The Balaban J connectivity index is 2.53. The minimum absolute atomic E-state index is 0.845. The Morgan fingerprint density at radius 1 is 1.33 bits per heavy atom. The van der Waals surface area contributed by atoms with Crippen molar-refractivity contribution in [2.24, 2.45) is 0 Å². The van der Waals surface area contributed by atoms with Gasteiger partial charge in [-0.3, -0.25) is 0 Å². The maximum absolute atomic E-state index is 3.32. The number of hydrogen-bond donors (Lipinski definition) is 1. The summed E-state index contributed by atoms with van der Waals surface area (Å²) in [5.74, 6) is 0. The molecule has 0 bridgehead atoms. The fraction of sp³-hybridized carbons (Fsp3) is 0.333. The highest BCUT2D eigenvalue weighted by Crippen LogP contribution is 2.14. The molecule has 0 unspecified atom stereocenters. The van der Waals surface area contributed by atoms with Gasteiger partial charge in [-0.2, -0.15) is 0 Å². The average molecular weight is 246 g/mol. The number of alkyl halides is 1. The molecule has 0 aliphatic heterocycles. The molecule has 12 heavy (non-hydrogen) atoms. The molecule has 1 rings (SSSR count). The van der Waals surface area contributed by atoms with Gasteiger partial charge in [0.25, 0.3) is 0 Å². The van der Waals surface area contributed by atoms with Crippen LogP contribution in [-0.4, -0.2) is 11.7 Å². The van der Waals surface area contributed by atoms with Crippen LogP contribution in [0.3, 0.4) is 0 Å². The smallest absolute Gasteiger partial charge is 0.0519 e. The third kappa shape index (κ3) is 3.17. The van der Waals surface area contributed by atoms with Crippen molar-refractivity contribution < 1.29 is 0 Å². The minimum atomic E-state index is 0.845. The van der Waals surface area contributed by atoms with E-state index in [9.17, 15) is 0 Å². The first-order valence-corrected chi connectivity index (χ1v) is 6.11. The maximum Gasteiger partial charge on any atom is 0.0519 e. The lowest BCUT2D eigenvalue weighted by molar-refractivity contribution is 0.801. The van der Waals surface area contributed by atoms with E-state index in [0.717, 1.165) is 12.0 Å². The van der Waals surface area contributed by atoms with Gasteiger partial charge in [-0.25, -0.2) is 0 Å². The van der Waals surface area contributed by atoms with Crippen molar-refractivity contribution >= 4 is 27.7 Å². The van der Waals surface area contributed by atoms with Crippen LogP contribution in [0.25, 0.3) is 0 Å². The van der Waals surface area contributed by atoms with Crippen molar-refractivity contribution in [3.05, 3.63) is 29.8 Å². The van der Waals surface area contributed by atoms with Crippen LogP contribution >= 0.6 is 27.7 Å². The van der Waals surface area contributed by atoms with Crippen LogP contribution in [0.1, 0.15) is 5.56 Å². The second-order valence-corrected chi connectivity index (χ2v) is 3.85. The van der Waals surface area contributed by atoms with Crippen molar-refractivity contribution in [3.63, 3.8) is 0 Å². The fourth-order valence-electron chi connectivity index (χ4n) is 0.935. The highest BCUT2D eigenvalue weighted by molar-refractivity contribution is 9.09. The molecule has 1 nitrogen and oxygen atoms in total. The van der Waals surface area contributed by atoms with Gasteiger partial charge in [-0.1, -0.05) is 28.1 Å². The van der Waals surface area contributed by atoms with Crippen LogP contribution in [0.5, 0.6) is 0 Å². The van der Waals surface area contributed by atoms with Crippen LogP contribution in [0, 0.1) is 0 Å². The third-order valence-corrected chi connectivity index (χ3v) is 2.72. The summed E-state index contributed by atoms with van der Waals surface area (Å²) in [5, 5.41) is 3.21. The van der Waals surface area contributed by atoms with Gasteiger partial charge in [0.15, 0.2) is 0 Å². The van der Waals surface area contributed by atoms with Gasteiger partial charge in [-0.15, -0.1) is 11.8 Å². The molecule has 3 heteroatoms. The number of thioether (sulfide) groups is 1. The molecule has 0 aliphatic carbocycles. The summed E-state index contributed by atoms with van der Waals surface area (Å²) >= 11 is 5.09. The summed E-state index contributed by atoms with van der Waals surface area (Å²) in [7, 11) is 0. The van der Waals surface area contributed by atoms with Crippen LogP contribution in [-0.2, 0) is 6.54 Å². The first kappa shape index (κ1) is 10.1. The number of halogens is 1. The van der Waals surface area contributed by atoms with E-state index in [1.54, 1.807) is 11.8 Å². The largest absolute Gasteiger partial charge is 0.303 e. The van der Waals surface area contributed by atoms with E-state index in [2.05, 4.69) is 51.8 Å². The first-order chi connectivity index (χ1) is 5.86. The quantitative estimate of drug-likeness (QED) is 0.498. The standard InChI is InChI=1S/C9H12BrNS/c1-12-9-4-2-8(3-5-9)6-11-7-10/h2-5,11H,6-7H2,1H3. The summed E-state index contributed by atoms with van der Waals surface area (Å²) < 4.78 is 0. The van der Waals surface area contributed by atoms with E-state index in [-0.39, 0.29) is 0 Å². The van der Waals surface area contributed by atoms with E-state index < -0.39 is 0 Å². The SMILES string of the molecule is CSc1ccc(CNCBr)cc1. The Bertz CT molecular complexity index is 222. The van der Waals surface area contributed by atoms with Crippen molar-refractivity contribution in [1.82, 2.24) is 5.32 Å². The molecule has 0 saturated heterocycles. The lowest BCUT2D eigenvalue weighted by Gasteiger charge is -2.01. The van der Waals surface area contributed by atoms with E-state index >= 15 is 0 Å². The van der Waals surface area contributed by atoms with E-state index in [0.29, 0.717) is 0 Å². The second kappa shape index (κ2) is 5.62. The zero-order valence-corrected chi connectivity index (χ0v) is 9.41. The highest BCUT2D eigenvalue weighted by Gasteiger charge is 1.91. The van der Waals surface area contributed by atoms with Gasteiger partial charge in [0.05, 0.1) is 5.45 Å². The predicted octanol–water partition coefficient (Wildman–Crippen LogP) is 2.85. The molecule has 1 N–H and O–H groups in total. The summed E-state index contributed by atoms with van der Waals surface area (Å²) in [6.07, 6.45) is 2.09. The van der Waals surface area contributed by atoms with Gasteiger partial charge in [0.1, 0.15) is 0 Å². The van der Waals surface area contributed by atoms with Gasteiger partial charge < -0.3 is 5.32 Å². The van der Waals surface area contributed by atoms with Crippen molar-refractivity contribution in [2.45, 2.75) is 11.4 Å². The molecule has 0 amide bonds. The van der Waals surface area contributed by atoms with Crippen LogP contribution in [0.15, 0.2) is 29.2 Å². The molecule has 0 saturated carbocycles. The lowest BCUT2D eigenvalue weighted by atomic mass is 10.2. The molecule has 0 heterocycles. The Morgan fingerprint density at radius 2 is 2.00 bits per heavy atom. The minimum Gasteiger partial charge on any atom is -0.303 e. The second-order valence-electron chi connectivity index (χ2n) is 2.41. The molecule has 0 radical (unpaired) electrons. The summed E-state index contributed by atoms with van der Waals surface area (Å²) in [6.45, 7) is 0.930. The Hall–Kier alpha value is 0.01000. The van der Waals surface area contributed by atoms with E-state index in [4.69, 9.17) is 0 Å². The normalized spacial score (nSPS) is 10.2. The van der Waals surface area contributed by atoms with Gasteiger partial charge in [0, 0.05) is 11.4 Å². The van der Waals surface area contributed by atoms with Gasteiger partial charge in [-0.05, 0) is 24.0 Å². The molecule has 1 aromatic rings. The lowest BCUT2D eigenvalue weighted by Crippen LogP contribution is -2.09. The van der Waals surface area contributed by atoms with Crippen molar-refractivity contribution in [2.75, 3.05) is 11.7 Å². The Labute approximate surface area is 86.1 Å². The topological polar surface area (TPSA) is 12.0 Å². The summed E-state index contributed by atoms with van der Waals surface area (Å²) in [5.41, 5.74) is 2.17. The molecular formula is C9H12BrNS. The zero-order valence-electron chi connectivity index (χ0n) is 7.01. The molecule has 0 atom stereocenters. The molecule has 0 aromatic heterocycles. The molecule has 66 valence electrons. The number of benzene rings is 1. The molecule has 0 aliphatic rings. The number of nitrogens with one attached hydrogen (secondary N) is 1.